The van der Waals surface area contributed by atoms with Crippen LogP contribution in [-0.2, 0) is 30.5 Å². The van der Waals surface area contributed by atoms with E-state index in [4.69, 9.17) is 0 Å². The predicted octanol–water partition coefficient (Wildman–Crippen LogP) is 8.59. The van der Waals surface area contributed by atoms with E-state index in [0.29, 0.717) is 12.3 Å². The lowest BCUT2D eigenvalue weighted by atomic mass is 9.78. The molecule has 2 aromatic rings. The van der Waals surface area contributed by atoms with Crippen molar-refractivity contribution in [1.29, 1.82) is 0 Å². The summed E-state index contributed by atoms with van der Waals surface area (Å²) in [4.78, 5) is 12.7. The Balaban J connectivity index is 1.30. The fourth-order valence-corrected chi connectivity index (χ4v) is 6.83. The molecule has 1 unspecified atom stereocenters. The van der Waals surface area contributed by atoms with Crippen LogP contribution >= 0.6 is 0 Å². The molecule has 0 amide bonds. The van der Waals surface area contributed by atoms with Crippen LogP contribution in [0, 0.1) is 23.7 Å². The summed E-state index contributed by atoms with van der Waals surface area (Å²) in [6, 6.07) is 18.0. The van der Waals surface area contributed by atoms with Crippen LogP contribution in [0.1, 0.15) is 68.2 Å². The monoisotopic (exact) mass is 490 g/mol. The first-order chi connectivity index (χ1) is 18.0. The Morgan fingerprint density at radius 3 is 2.19 bits per heavy atom. The minimum atomic E-state index is 0.221. The van der Waals surface area contributed by atoms with Crippen molar-refractivity contribution in [3.63, 3.8) is 0 Å². The molecule has 0 aliphatic heterocycles. The highest BCUT2D eigenvalue weighted by atomic mass is 16.1. The highest BCUT2D eigenvalue weighted by molar-refractivity contribution is 5.91. The third kappa shape index (κ3) is 6.32. The Bertz CT molecular complexity index is 1190. The van der Waals surface area contributed by atoms with Crippen LogP contribution in [-0.4, -0.2) is 5.78 Å². The van der Waals surface area contributed by atoms with Gasteiger partial charge in [0.25, 0.3) is 0 Å². The standard InChI is InChI=1S/C36H42O/c1-4-30-17-18-34(37)24-36(33-22-31-7-5-6-8-32(31)23-33)35(30)20-26(3)19-27-13-15-29(16-14-27)21-28-11-9-25(2)10-12-28/h4-8,13-18,20,25,28,33,36H,3,9-12,19,21-24H2,1-2H3. The maximum atomic E-state index is 12.7. The maximum Gasteiger partial charge on any atom is 0.156 e. The lowest BCUT2D eigenvalue weighted by Crippen LogP contribution is -2.20. The number of rotatable bonds is 6. The van der Waals surface area contributed by atoms with E-state index in [-0.39, 0.29) is 11.7 Å². The third-order valence-electron chi connectivity index (χ3n) is 9.04. The van der Waals surface area contributed by atoms with Gasteiger partial charge in [0.15, 0.2) is 5.78 Å². The van der Waals surface area contributed by atoms with E-state index in [1.807, 2.05) is 6.08 Å². The van der Waals surface area contributed by atoms with E-state index < -0.39 is 0 Å². The molecule has 1 nitrogen and oxygen atoms in total. The topological polar surface area (TPSA) is 17.1 Å². The minimum absolute atomic E-state index is 0.221. The summed E-state index contributed by atoms with van der Waals surface area (Å²) in [6.45, 7) is 8.95. The van der Waals surface area contributed by atoms with Crippen LogP contribution in [0.25, 0.3) is 0 Å². The minimum Gasteiger partial charge on any atom is -0.295 e. The Morgan fingerprint density at radius 2 is 1.54 bits per heavy atom. The number of benzene rings is 2. The van der Waals surface area contributed by atoms with E-state index in [1.165, 1.54) is 65.5 Å². The van der Waals surface area contributed by atoms with Crippen molar-refractivity contribution < 1.29 is 4.79 Å². The van der Waals surface area contributed by atoms with Crippen molar-refractivity contribution in [3.05, 3.63) is 118 Å². The molecule has 0 heterocycles. The lowest BCUT2D eigenvalue weighted by Gasteiger charge is -2.26. The molecule has 0 N–H and O–H groups in total. The van der Waals surface area contributed by atoms with Gasteiger partial charge < -0.3 is 0 Å². The molecule has 2 aromatic carbocycles. The summed E-state index contributed by atoms with van der Waals surface area (Å²) in [5.74, 6) is 2.67. The van der Waals surface area contributed by atoms with Gasteiger partial charge in [-0.1, -0.05) is 98.7 Å². The van der Waals surface area contributed by atoms with Gasteiger partial charge in [-0.25, -0.2) is 0 Å². The molecule has 0 radical (unpaired) electrons. The molecule has 37 heavy (non-hydrogen) atoms. The van der Waals surface area contributed by atoms with Crippen LogP contribution in [0.15, 0.2) is 96.1 Å². The van der Waals surface area contributed by atoms with E-state index in [2.05, 4.69) is 81.1 Å². The van der Waals surface area contributed by atoms with Crippen molar-refractivity contribution in [3.8, 4) is 0 Å². The predicted molar refractivity (Wildman–Crippen MR) is 156 cm³/mol. The van der Waals surface area contributed by atoms with Gasteiger partial charge in [0.2, 0.25) is 0 Å². The largest absolute Gasteiger partial charge is 0.295 e. The molecule has 1 atom stereocenters. The number of fused-ring (bicyclic) bond motifs is 1. The van der Waals surface area contributed by atoms with Gasteiger partial charge in [-0.2, -0.15) is 0 Å². The van der Waals surface area contributed by atoms with Crippen molar-refractivity contribution in [2.24, 2.45) is 23.7 Å². The van der Waals surface area contributed by atoms with E-state index in [9.17, 15) is 4.79 Å². The molecule has 0 bridgehead atoms. The van der Waals surface area contributed by atoms with Gasteiger partial charge in [0.1, 0.15) is 0 Å². The van der Waals surface area contributed by atoms with E-state index in [1.54, 1.807) is 6.08 Å². The van der Waals surface area contributed by atoms with Gasteiger partial charge in [-0.3, -0.25) is 4.79 Å². The van der Waals surface area contributed by atoms with Crippen LogP contribution in [0.3, 0.4) is 0 Å². The van der Waals surface area contributed by atoms with E-state index >= 15 is 0 Å². The molecule has 5 rings (SSSR count). The molecule has 1 heteroatoms. The molecule has 3 aliphatic carbocycles. The van der Waals surface area contributed by atoms with E-state index in [0.717, 1.165) is 36.7 Å². The highest BCUT2D eigenvalue weighted by Gasteiger charge is 2.33. The number of ketones is 1. The molecule has 3 aliphatic rings. The second-order valence-electron chi connectivity index (χ2n) is 11.9. The van der Waals surface area contributed by atoms with Crippen molar-refractivity contribution in [1.82, 2.24) is 0 Å². The summed E-state index contributed by atoms with van der Waals surface area (Å²) in [5, 5.41) is 0. The van der Waals surface area contributed by atoms with Crippen molar-refractivity contribution in [2.75, 3.05) is 0 Å². The molecule has 0 spiro atoms. The normalized spacial score (nSPS) is 26.4. The summed E-state index contributed by atoms with van der Waals surface area (Å²) in [7, 11) is 0. The average Bonchev–Trinajstić information content (AvgIpc) is 3.26. The summed E-state index contributed by atoms with van der Waals surface area (Å²) in [6.07, 6.45) is 18.5. The highest BCUT2D eigenvalue weighted by Crippen LogP contribution is 2.41. The van der Waals surface area contributed by atoms with Crippen LogP contribution in [0.5, 0.6) is 0 Å². The van der Waals surface area contributed by atoms with Gasteiger partial charge in [-0.05, 0) is 109 Å². The zero-order valence-electron chi connectivity index (χ0n) is 22.7. The number of hydrogen-bond donors (Lipinski definition) is 0. The van der Waals surface area contributed by atoms with Crippen LogP contribution in [0.4, 0.5) is 0 Å². The molecule has 1 fully saturated rings. The fourth-order valence-electron chi connectivity index (χ4n) is 6.83. The SMILES string of the molecule is C=C(C=C1C(=CC)C=CC(=O)CC1C1Cc2ccccc2C1)Cc1ccc(CC2CCC(C)CC2)cc1. The van der Waals surface area contributed by atoms with Crippen molar-refractivity contribution in [2.45, 2.75) is 71.6 Å². The Labute approximate surface area is 224 Å². The quantitative estimate of drug-likeness (QED) is 0.396. The second kappa shape index (κ2) is 11.6. The number of carbonyl (C=O) groups is 1. The first kappa shape index (κ1) is 25.7. The van der Waals surface area contributed by atoms with Gasteiger partial charge in [0.05, 0.1) is 0 Å². The van der Waals surface area contributed by atoms with Gasteiger partial charge in [0, 0.05) is 6.42 Å². The van der Waals surface area contributed by atoms with Gasteiger partial charge >= 0.3 is 0 Å². The number of hydrogen-bond acceptors (Lipinski definition) is 1. The summed E-state index contributed by atoms with van der Waals surface area (Å²) >= 11 is 0. The number of allylic oxidation sites excluding steroid dienone is 7. The Kier molecular flexibility index (Phi) is 8.08. The molecule has 0 saturated heterocycles. The molecule has 192 valence electrons. The zero-order chi connectivity index (χ0) is 25.8. The first-order valence-electron chi connectivity index (χ1n) is 14.4. The average molecular weight is 491 g/mol. The third-order valence-corrected chi connectivity index (χ3v) is 9.04. The Morgan fingerprint density at radius 1 is 0.892 bits per heavy atom. The summed E-state index contributed by atoms with van der Waals surface area (Å²) in [5.41, 5.74) is 9.25. The van der Waals surface area contributed by atoms with Gasteiger partial charge in [-0.15, -0.1) is 0 Å². The molecule has 1 saturated carbocycles. The zero-order valence-corrected chi connectivity index (χ0v) is 22.7. The smallest absolute Gasteiger partial charge is 0.156 e. The number of carbonyl (C=O) groups excluding carboxylic acids is 1. The van der Waals surface area contributed by atoms with Crippen molar-refractivity contribution >= 4 is 5.78 Å². The molecular formula is C36H42O. The molecule has 0 aromatic heterocycles. The maximum absolute atomic E-state index is 12.7. The Hall–Kier alpha value is -2.93. The summed E-state index contributed by atoms with van der Waals surface area (Å²) < 4.78 is 0. The molecular weight excluding hydrogens is 448 g/mol. The second-order valence-corrected chi connectivity index (χ2v) is 11.9. The lowest BCUT2D eigenvalue weighted by molar-refractivity contribution is -0.115. The fraction of sp³-hybridized carbons (Fsp3) is 0.417. The first-order valence-corrected chi connectivity index (χ1v) is 14.4. The van der Waals surface area contributed by atoms with Crippen LogP contribution < -0.4 is 0 Å². The van der Waals surface area contributed by atoms with Crippen LogP contribution in [0.2, 0.25) is 0 Å².